The van der Waals surface area contributed by atoms with E-state index in [1.54, 1.807) is 0 Å². The number of carbonyl (C=O) groups excluding carboxylic acids is 1. The quantitative estimate of drug-likeness (QED) is 0.542. The number of rotatable bonds is 5. The Hall–Kier alpha value is -2.69. The number of aryl methyl sites for hydroxylation is 1. The topological polar surface area (TPSA) is 59.8 Å². The van der Waals surface area contributed by atoms with Gasteiger partial charge in [-0.15, -0.1) is 0 Å². The number of hydrogen-bond donors (Lipinski definition) is 1. The van der Waals surface area contributed by atoms with E-state index in [0.717, 1.165) is 53.9 Å². The number of hydrogen-bond acceptors (Lipinski definition) is 3. The third kappa shape index (κ3) is 4.30. The molecule has 2 aromatic heterocycles. The second-order valence-electron chi connectivity index (χ2n) is 9.64. The van der Waals surface area contributed by atoms with Gasteiger partial charge in [0.2, 0.25) is 5.91 Å². The Morgan fingerprint density at radius 2 is 1.62 bits per heavy atom. The molecule has 0 radical (unpaired) electrons. The predicted octanol–water partition coefficient (Wildman–Crippen LogP) is 5.98. The van der Waals surface area contributed by atoms with Crippen molar-refractivity contribution in [3.8, 4) is 11.5 Å². The van der Waals surface area contributed by atoms with Crippen LogP contribution in [0.25, 0.3) is 22.6 Å². The molecule has 2 heterocycles. The van der Waals surface area contributed by atoms with E-state index in [9.17, 15) is 4.79 Å². The Bertz CT molecular complexity index is 1080. The third-order valence-corrected chi connectivity index (χ3v) is 7.31. The fraction of sp³-hybridized carbons (Fsp3) is 0.519. The van der Waals surface area contributed by atoms with Crippen molar-refractivity contribution < 1.29 is 4.79 Å². The van der Waals surface area contributed by atoms with Gasteiger partial charge in [0.15, 0.2) is 5.82 Å². The lowest BCUT2D eigenvalue weighted by Crippen LogP contribution is -2.43. The van der Waals surface area contributed by atoms with E-state index in [0.29, 0.717) is 12.0 Å². The molecule has 0 spiro atoms. The minimum atomic E-state index is -0.248. The van der Waals surface area contributed by atoms with Crippen LogP contribution in [0, 0.1) is 12.8 Å². The maximum absolute atomic E-state index is 13.9. The summed E-state index contributed by atoms with van der Waals surface area (Å²) >= 11 is 0. The van der Waals surface area contributed by atoms with Gasteiger partial charge in [-0.2, -0.15) is 0 Å². The summed E-state index contributed by atoms with van der Waals surface area (Å²) in [5.74, 6) is 1.30. The fourth-order valence-electron chi connectivity index (χ4n) is 5.70. The van der Waals surface area contributed by atoms with Crippen LogP contribution >= 0.6 is 0 Å². The van der Waals surface area contributed by atoms with Gasteiger partial charge in [0.25, 0.3) is 0 Å². The molecule has 5 heteroatoms. The van der Waals surface area contributed by atoms with Gasteiger partial charge >= 0.3 is 0 Å². The molecule has 5 nitrogen and oxygen atoms in total. The Morgan fingerprint density at radius 3 is 2.38 bits per heavy atom. The van der Waals surface area contributed by atoms with Crippen LogP contribution in [0.1, 0.15) is 75.9 Å². The van der Waals surface area contributed by atoms with Gasteiger partial charge in [-0.3, -0.25) is 4.79 Å². The zero-order chi connectivity index (χ0) is 21.9. The molecule has 5 rings (SSSR count). The van der Waals surface area contributed by atoms with Crippen LogP contribution in [-0.4, -0.2) is 26.5 Å². The van der Waals surface area contributed by atoms with Crippen LogP contribution in [0.3, 0.4) is 0 Å². The number of nitrogens with zero attached hydrogens (tertiary/aromatic N) is 3. The highest BCUT2D eigenvalue weighted by atomic mass is 16.2. The van der Waals surface area contributed by atoms with Crippen LogP contribution in [0.2, 0.25) is 0 Å². The number of carbonyl (C=O) groups is 1. The maximum Gasteiger partial charge on any atom is 0.243 e. The van der Waals surface area contributed by atoms with Crippen LogP contribution in [-0.2, 0) is 4.79 Å². The smallest absolute Gasteiger partial charge is 0.243 e. The first-order chi connectivity index (χ1) is 15.7. The lowest BCUT2D eigenvalue weighted by Gasteiger charge is -2.33. The zero-order valence-corrected chi connectivity index (χ0v) is 19.1. The third-order valence-electron chi connectivity index (χ3n) is 7.31. The molecule has 2 aliphatic rings. The number of pyridine rings is 1. The molecule has 0 bridgehead atoms. The van der Waals surface area contributed by atoms with Gasteiger partial charge < -0.3 is 9.88 Å². The molecular formula is C27H34N4O. The van der Waals surface area contributed by atoms with E-state index in [1.165, 1.54) is 38.5 Å². The van der Waals surface area contributed by atoms with Gasteiger partial charge in [0.1, 0.15) is 11.7 Å². The van der Waals surface area contributed by atoms with Crippen LogP contribution in [0.5, 0.6) is 0 Å². The van der Waals surface area contributed by atoms with Crippen molar-refractivity contribution in [3.05, 3.63) is 48.2 Å². The highest BCUT2D eigenvalue weighted by Gasteiger charge is 2.35. The van der Waals surface area contributed by atoms with Crippen molar-refractivity contribution in [2.75, 3.05) is 0 Å². The van der Waals surface area contributed by atoms with Gasteiger partial charge in [-0.1, -0.05) is 56.7 Å². The van der Waals surface area contributed by atoms with Crippen LogP contribution < -0.4 is 5.32 Å². The van der Waals surface area contributed by atoms with E-state index < -0.39 is 0 Å². The molecule has 0 aliphatic heterocycles. The SMILES string of the molecule is Cc1cccc(-c2nc3ccccc3n2C(C(=O)NC2CCCCC2)C2CCCCC2)n1. The summed E-state index contributed by atoms with van der Waals surface area (Å²) in [6.45, 7) is 2.00. The van der Waals surface area contributed by atoms with E-state index in [1.807, 2.05) is 43.3 Å². The molecule has 0 saturated heterocycles. The zero-order valence-electron chi connectivity index (χ0n) is 19.1. The maximum atomic E-state index is 13.9. The summed E-state index contributed by atoms with van der Waals surface area (Å²) in [6, 6.07) is 14.3. The fourth-order valence-corrected chi connectivity index (χ4v) is 5.70. The summed E-state index contributed by atoms with van der Waals surface area (Å²) in [5, 5.41) is 3.45. The van der Waals surface area contributed by atoms with Crippen LogP contribution in [0.4, 0.5) is 0 Å². The molecule has 2 aliphatic carbocycles. The second-order valence-corrected chi connectivity index (χ2v) is 9.64. The summed E-state index contributed by atoms with van der Waals surface area (Å²) < 4.78 is 2.21. The summed E-state index contributed by atoms with van der Waals surface area (Å²) in [4.78, 5) is 23.7. The van der Waals surface area contributed by atoms with E-state index in [2.05, 4.69) is 16.0 Å². The molecule has 1 aromatic carbocycles. The van der Waals surface area contributed by atoms with Gasteiger partial charge in [-0.05, 0) is 62.8 Å². The van der Waals surface area contributed by atoms with E-state index >= 15 is 0 Å². The number of nitrogens with one attached hydrogen (secondary N) is 1. The molecule has 1 amide bonds. The number of fused-ring (bicyclic) bond motifs is 1. The number of imidazole rings is 1. The number of amides is 1. The first kappa shape index (κ1) is 21.2. The Kier molecular flexibility index (Phi) is 6.24. The highest BCUT2D eigenvalue weighted by molar-refractivity contribution is 5.87. The molecule has 1 N–H and O–H groups in total. The Labute approximate surface area is 190 Å². The largest absolute Gasteiger partial charge is 0.352 e. The van der Waals surface area contributed by atoms with Gasteiger partial charge in [0.05, 0.1) is 11.0 Å². The monoisotopic (exact) mass is 430 g/mol. The minimum Gasteiger partial charge on any atom is -0.352 e. The number of aromatic nitrogens is 3. The highest BCUT2D eigenvalue weighted by Crippen LogP contribution is 2.38. The summed E-state index contributed by atoms with van der Waals surface area (Å²) in [5.41, 5.74) is 3.76. The van der Waals surface area contributed by atoms with Crippen molar-refractivity contribution in [1.29, 1.82) is 0 Å². The lowest BCUT2D eigenvalue weighted by atomic mass is 9.82. The molecule has 168 valence electrons. The number of benzene rings is 1. The Balaban J connectivity index is 1.61. The standard InChI is InChI=1S/C27H34N4O/c1-19-11-10-17-23(28-19)26-30-22-16-8-9-18-24(22)31(26)25(20-12-4-2-5-13-20)27(32)29-21-14-6-3-7-15-21/h8-11,16-18,20-21,25H,2-7,12-15H2,1H3,(H,29,32). The van der Waals surface area contributed by atoms with Crippen molar-refractivity contribution in [1.82, 2.24) is 19.9 Å². The first-order valence-corrected chi connectivity index (χ1v) is 12.4. The normalized spacial score (nSPS) is 19.2. The Morgan fingerprint density at radius 1 is 0.906 bits per heavy atom. The van der Waals surface area contributed by atoms with Gasteiger partial charge in [-0.25, -0.2) is 9.97 Å². The lowest BCUT2D eigenvalue weighted by molar-refractivity contribution is -0.127. The van der Waals surface area contributed by atoms with Crippen molar-refractivity contribution in [3.63, 3.8) is 0 Å². The van der Waals surface area contributed by atoms with E-state index in [-0.39, 0.29) is 11.9 Å². The van der Waals surface area contributed by atoms with E-state index in [4.69, 9.17) is 9.97 Å². The average Bonchev–Trinajstić information content (AvgIpc) is 3.20. The van der Waals surface area contributed by atoms with Crippen molar-refractivity contribution >= 4 is 16.9 Å². The predicted molar refractivity (Wildman–Crippen MR) is 128 cm³/mol. The molecular weight excluding hydrogens is 396 g/mol. The molecule has 3 aromatic rings. The van der Waals surface area contributed by atoms with Crippen LogP contribution in [0.15, 0.2) is 42.5 Å². The second kappa shape index (κ2) is 9.43. The molecule has 32 heavy (non-hydrogen) atoms. The van der Waals surface area contributed by atoms with Gasteiger partial charge in [0, 0.05) is 11.7 Å². The molecule has 1 unspecified atom stereocenters. The molecule has 1 atom stereocenters. The number of para-hydroxylation sites is 2. The minimum absolute atomic E-state index is 0.167. The molecule has 2 saturated carbocycles. The van der Waals surface area contributed by atoms with Crippen molar-refractivity contribution in [2.24, 2.45) is 5.92 Å². The summed E-state index contributed by atoms with van der Waals surface area (Å²) in [7, 11) is 0. The first-order valence-electron chi connectivity index (χ1n) is 12.4. The summed E-state index contributed by atoms with van der Waals surface area (Å²) in [6.07, 6.45) is 11.8. The molecule has 2 fully saturated rings. The van der Waals surface area contributed by atoms with Crippen molar-refractivity contribution in [2.45, 2.75) is 83.2 Å². The average molecular weight is 431 g/mol.